The average Bonchev–Trinajstić information content (AvgIpc) is 2.46. The first-order valence-corrected chi connectivity index (χ1v) is 6.93. The van der Waals surface area contributed by atoms with Gasteiger partial charge >= 0.3 is 0 Å². The molecule has 0 bridgehead atoms. The van der Waals surface area contributed by atoms with Crippen LogP contribution in [-0.4, -0.2) is 6.54 Å². The Bertz CT molecular complexity index is 537. The van der Waals surface area contributed by atoms with Crippen LogP contribution in [0.1, 0.15) is 30.5 Å². The topological polar surface area (TPSA) is 12.0 Å². The number of hydrogen-bond acceptors (Lipinski definition) is 1. The molecule has 0 spiro atoms. The van der Waals surface area contributed by atoms with Gasteiger partial charge in [-0.05, 0) is 48.7 Å². The summed E-state index contributed by atoms with van der Waals surface area (Å²) in [7, 11) is 0. The predicted octanol–water partition coefficient (Wildman–Crippen LogP) is 4.25. The van der Waals surface area contributed by atoms with Gasteiger partial charge in [-0.15, -0.1) is 0 Å². The largest absolute Gasteiger partial charge is 0.310 e. The highest BCUT2D eigenvalue weighted by Gasteiger charge is 2.13. The van der Waals surface area contributed by atoms with Gasteiger partial charge in [-0.2, -0.15) is 0 Å². The maximum Gasteiger partial charge on any atom is 0.126 e. The molecule has 1 N–H and O–H groups in total. The summed E-state index contributed by atoms with van der Waals surface area (Å²) < 4.78 is 26.8. The Labute approximate surface area is 118 Å². The first kappa shape index (κ1) is 14.7. The van der Waals surface area contributed by atoms with E-state index >= 15 is 0 Å². The SMILES string of the molecule is CCCNC(Cc1ccccc1F)c1ccc(F)cc1. The highest BCUT2D eigenvalue weighted by molar-refractivity contribution is 5.25. The third-order valence-corrected chi connectivity index (χ3v) is 3.29. The van der Waals surface area contributed by atoms with Crippen LogP contribution in [0.25, 0.3) is 0 Å². The molecule has 2 aromatic rings. The Balaban J connectivity index is 2.19. The van der Waals surface area contributed by atoms with Gasteiger partial charge < -0.3 is 5.32 Å². The van der Waals surface area contributed by atoms with E-state index in [1.165, 1.54) is 18.2 Å². The summed E-state index contributed by atoms with van der Waals surface area (Å²) in [5.74, 6) is -0.452. The van der Waals surface area contributed by atoms with E-state index in [1.54, 1.807) is 24.3 Å². The summed E-state index contributed by atoms with van der Waals surface area (Å²) in [5, 5.41) is 3.39. The second-order valence-electron chi connectivity index (χ2n) is 4.85. The first-order chi connectivity index (χ1) is 9.70. The van der Waals surface area contributed by atoms with Crippen molar-refractivity contribution < 1.29 is 8.78 Å². The van der Waals surface area contributed by atoms with Crippen molar-refractivity contribution >= 4 is 0 Å². The summed E-state index contributed by atoms with van der Waals surface area (Å²) in [6.45, 7) is 2.92. The van der Waals surface area contributed by atoms with Gasteiger partial charge in [0.2, 0.25) is 0 Å². The third kappa shape index (κ3) is 3.87. The summed E-state index contributed by atoms with van der Waals surface area (Å²) >= 11 is 0. The van der Waals surface area contributed by atoms with Crippen LogP contribution in [-0.2, 0) is 6.42 Å². The molecule has 0 radical (unpaired) electrons. The van der Waals surface area contributed by atoms with E-state index in [9.17, 15) is 8.78 Å². The van der Waals surface area contributed by atoms with E-state index in [1.807, 2.05) is 6.07 Å². The van der Waals surface area contributed by atoms with Crippen LogP contribution in [0.5, 0.6) is 0 Å². The average molecular weight is 275 g/mol. The van der Waals surface area contributed by atoms with Crippen molar-refractivity contribution in [3.63, 3.8) is 0 Å². The Kier molecular flexibility index (Phi) is 5.24. The van der Waals surface area contributed by atoms with Crippen molar-refractivity contribution in [2.45, 2.75) is 25.8 Å². The van der Waals surface area contributed by atoms with Crippen LogP contribution in [0.3, 0.4) is 0 Å². The van der Waals surface area contributed by atoms with Gasteiger partial charge in [0.15, 0.2) is 0 Å². The molecule has 0 saturated carbocycles. The van der Waals surface area contributed by atoms with E-state index in [0.717, 1.165) is 18.5 Å². The molecule has 0 amide bonds. The predicted molar refractivity (Wildman–Crippen MR) is 77.5 cm³/mol. The number of nitrogens with one attached hydrogen (secondary N) is 1. The zero-order valence-corrected chi connectivity index (χ0v) is 11.6. The molecule has 1 atom stereocenters. The van der Waals surface area contributed by atoms with Crippen LogP contribution in [0.2, 0.25) is 0 Å². The Hall–Kier alpha value is -1.74. The lowest BCUT2D eigenvalue weighted by Gasteiger charge is -2.19. The minimum absolute atomic E-state index is 0.00699. The normalized spacial score (nSPS) is 12.3. The standard InChI is InChI=1S/C17H19F2N/c1-2-11-20-17(13-7-9-15(18)10-8-13)12-14-5-3-4-6-16(14)19/h3-10,17,20H,2,11-12H2,1H3. The fourth-order valence-electron chi connectivity index (χ4n) is 2.21. The van der Waals surface area contributed by atoms with Crippen LogP contribution < -0.4 is 5.32 Å². The monoisotopic (exact) mass is 275 g/mol. The molecule has 0 heterocycles. The summed E-state index contributed by atoms with van der Waals surface area (Å²) in [5.41, 5.74) is 1.65. The number of halogens is 2. The summed E-state index contributed by atoms with van der Waals surface area (Å²) in [6.07, 6.45) is 1.55. The molecule has 0 aliphatic heterocycles. The van der Waals surface area contributed by atoms with E-state index in [2.05, 4.69) is 12.2 Å². The van der Waals surface area contributed by atoms with E-state index in [4.69, 9.17) is 0 Å². The van der Waals surface area contributed by atoms with E-state index in [0.29, 0.717) is 12.0 Å². The number of rotatable bonds is 6. The van der Waals surface area contributed by atoms with Gasteiger partial charge in [0, 0.05) is 6.04 Å². The van der Waals surface area contributed by atoms with Gasteiger partial charge in [-0.25, -0.2) is 8.78 Å². The number of benzene rings is 2. The lowest BCUT2D eigenvalue weighted by atomic mass is 9.98. The second-order valence-corrected chi connectivity index (χ2v) is 4.85. The molecule has 0 aliphatic rings. The molecule has 2 rings (SSSR count). The highest BCUT2D eigenvalue weighted by Crippen LogP contribution is 2.20. The quantitative estimate of drug-likeness (QED) is 0.831. The highest BCUT2D eigenvalue weighted by atomic mass is 19.1. The fraction of sp³-hybridized carbons (Fsp3) is 0.294. The molecule has 0 aromatic heterocycles. The van der Waals surface area contributed by atoms with Gasteiger partial charge in [0.1, 0.15) is 11.6 Å². The molecule has 0 fully saturated rings. The number of hydrogen-bond donors (Lipinski definition) is 1. The molecular formula is C17H19F2N. The zero-order chi connectivity index (χ0) is 14.4. The first-order valence-electron chi connectivity index (χ1n) is 6.93. The molecular weight excluding hydrogens is 256 g/mol. The zero-order valence-electron chi connectivity index (χ0n) is 11.6. The van der Waals surface area contributed by atoms with Gasteiger partial charge in [-0.3, -0.25) is 0 Å². The molecule has 106 valence electrons. The smallest absolute Gasteiger partial charge is 0.126 e. The Morgan fingerprint density at radius 1 is 1.00 bits per heavy atom. The van der Waals surface area contributed by atoms with Gasteiger partial charge in [0.05, 0.1) is 0 Å². The lowest BCUT2D eigenvalue weighted by Crippen LogP contribution is -2.24. The maximum absolute atomic E-state index is 13.8. The van der Waals surface area contributed by atoms with Crippen molar-refractivity contribution in [2.24, 2.45) is 0 Å². The van der Waals surface area contributed by atoms with Crippen LogP contribution in [0.4, 0.5) is 8.78 Å². The van der Waals surface area contributed by atoms with Crippen LogP contribution in [0, 0.1) is 11.6 Å². The van der Waals surface area contributed by atoms with Crippen LogP contribution in [0.15, 0.2) is 48.5 Å². The molecule has 3 heteroatoms. The van der Waals surface area contributed by atoms with Crippen LogP contribution >= 0.6 is 0 Å². The Morgan fingerprint density at radius 2 is 1.70 bits per heavy atom. The summed E-state index contributed by atoms with van der Waals surface area (Å²) in [4.78, 5) is 0. The maximum atomic E-state index is 13.8. The van der Waals surface area contributed by atoms with Crippen molar-refractivity contribution in [1.29, 1.82) is 0 Å². The van der Waals surface area contributed by atoms with Gasteiger partial charge in [0.25, 0.3) is 0 Å². The molecule has 0 aliphatic carbocycles. The fourth-order valence-corrected chi connectivity index (χ4v) is 2.21. The second kappa shape index (κ2) is 7.15. The molecule has 20 heavy (non-hydrogen) atoms. The minimum atomic E-state index is -0.256. The van der Waals surface area contributed by atoms with E-state index in [-0.39, 0.29) is 17.7 Å². The van der Waals surface area contributed by atoms with Crippen molar-refractivity contribution in [2.75, 3.05) is 6.54 Å². The molecule has 1 unspecified atom stereocenters. The molecule has 1 nitrogen and oxygen atoms in total. The molecule has 2 aromatic carbocycles. The van der Waals surface area contributed by atoms with Gasteiger partial charge in [-0.1, -0.05) is 37.3 Å². The third-order valence-electron chi connectivity index (χ3n) is 3.29. The Morgan fingerprint density at radius 3 is 2.35 bits per heavy atom. The van der Waals surface area contributed by atoms with Crippen molar-refractivity contribution in [3.05, 3.63) is 71.3 Å². The summed E-state index contributed by atoms with van der Waals surface area (Å²) in [6, 6.07) is 13.2. The van der Waals surface area contributed by atoms with Crippen molar-refractivity contribution in [1.82, 2.24) is 5.32 Å². The molecule has 0 saturated heterocycles. The van der Waals surface area contributed by atoms with E-state index < -0.39 is 0 Å². The lowest BCUT2D eigenvalue weighted by molar-refractivity contribution is 0.512. The minimum Gasteiger partial charge on any atom is -0.310 e. The van der Waals surface area contributed by atoms with Crippen molar-refractivity contribution in [3.8, 4) is 0 Å².